The van der Waals surface area contributed by atoms with Crippen molar-refractivity contribution in [2.45, 2.75) is 31.6 Å². The summed E-state index contributed by atoms with van der Waals surface area (Å²) in [7, 11) is 4.56. The van der Waals surface area contributed by atoms with E-state index in [1.807, 2.05) is 30.3 Å². The molecule has 1 aliphatic heterocycles. The van der Waals surface area contributed by atoms with Gasteiger partial charge in [-0.2, -0.15) is 0 Å². The third-order valence-corrected chi connectivity index (χ3v) is 7.60. The van der Waals surface area contributed by atoms with Gasteiger partial charge in [0.15, 0.2) is 17.3 Å². The van der Waals surface area contributed by atoms with E-state index in [1.165, 1.54) is 45.6 Å². The zero-order chi connectivity index (χ0) is 28.4. The van der Waals surface area contributed by atoms with E-state index in [-0.39, 0.29) is 17.6 Å². The summed E-state index contributed by atoms with van der Waals surface area (Å²) in [5.74, 6) is -1.01. The molecule has 1 heterocycles. The molecule has 1 amide bonds. The fraction of sp³-hybridized carbons (Fsp3) is 0.281. The molecule has 3 atom stereocenters. The quantitative estimate of drug-likeness (QED) is 0.392. The minimum Gasteiger partial charge on any atom is -0.493 e. The summed E-state index contributed by atoms with van der Waals surface area (Å²) in [4.78, 5) is 32.6. The van der Waals surface area contributed by atoms with Crippen molar-refractivity contribution in [3.8, 4) is 17.2 Å². The number of anilines is 1. The second kappa shape index (κ2) is 11.3. The van der Waals surface area contributed by atoms with E-state index >= 15 is 0 Å². The molecule has 1 aliphatic carbocycles. The lowest BCUT2D eigenvalue weighted by atomic mass is 9.69. The van der Waals surface area contributed by atoms with Crippen LogP contribution in [-0.4, -0.2) is 38.7 Å². The van der Waals surface area contributed by atoms with E-state index in [0.717, 1.165) is 5.56 Å². The second-order valence-electron chi connectivity index (χ2n) is 9.96. The van der Waals surface area contributed by atoms with Crippen molar-refractivity contribution in [2.24, 2.45) is 10.9 Å². The van der Waals surface area contributed by atoms with Crippen molar-refractivity contribution >= 4 is 23.1 Å². The molecule has 3 aromatic rings. The normalized spacial score (nSPS) is 20.4. The standard InChI is InChI=1S/C32H31FN2O5/c1-18-28(32(37)35-23-12-10-22(33)11-13-23)29(21-16-26(38-2)31(40-4)27(17-21)39-3)30-24(34-18)14-20(15-25(30)36)19-8-6-5-7-9-19/h5-13,16-17,20,28-29H,14-15H2,1-4H3,(H,35,37)/t20-,28?,29-/m0/s1. The minimum atomic E-state index is -0.802. The number of Topliss-reactive ketones (excluding diaryl/α,β-unsaturated/α-hetero) is 1. The van der Waals surface area contributed by atoms with Crippen molar-refractivity contribution in [1.29, 1.82) is 0 Å². The molecule has 0 bridgehead atoms. The molecule has 40 heavy (non-hydrogen) atoms. The summed E-state index contributed by atoms with van der Waals surface area (Å²) in [6.45, 7) is 1.81. The molecule has 8 heteroatoms. The molecule has 0 aromatic heterocycles. The Labute approximate surface area is 232 Å². The maximum atomic E-state index is 13.9. The highest BCUT2D eigenvalue weighted by atomic mass is 19.1. The molecule has 0 saturated heterocycles. The summed E-state index contributed by atoms with van der Waals surface area (Å²) in [6.07, 6.45) is 0.889. The Kier molecular flexibility index (Phi) is 7.69. The van der Waals surface area contributed by atoms with Gasteiger partial charge < -0.3 is 19.5 Å². The smallest absolute Gasteiger partial charge is 0.234 e. The van der Waals surface area contributed by atoms with Crippen LogP contribution >= 0.6 is 0 Å². The predicted molar refractivity (Wildman–Crippen MR) is 151 cm³/mol. The number of hydrogen-bond acceptors (Lipinski definition) is 6. The largest absolute Gasteiger partial charge is 0.493 e. The van der Waals surface area contributed by atoms with Gasteiger partial charge in [-0.15, -0.1) is 0 Å². The SMILES string of the molecule is COc1cc([C@@H]2C3=C(C[C@H](c4ccccc4)CC3=O)N=C(C)C2C(=O)Nc2ccc(F)cc2)cc(OC)c1OC. The van der Waals surface area contributed by atoms with Gasteiger partial charge in [0.1, 0.15) is 5.82 Å². The number of nitrogens with one attached hydrogen (secondary N) is 1. The number of rotatable bonds is 7. The molecule has 5 rings (SSSR count). The lowest BCUT2D eigenvalue weighted by Gasteiger charge is -2.37. The fourth-order valence-electron chi connectivity index (χ4n) is 5.75. The summed E-state index contributed by atoms with van der Waals surface area (Å²) < 4.78 is 30.2. The summed E-state index contributed by atoms with van der Waals surface area (Å²) in [5, 5.41) is 2.89. The number of hydrogen-bond donors (Lipinski definition) is 1. The Morgan fingerprint density at radius 1 is 0.900 bits per heavy atom. The van der Waals surface area contributed by atoms with Crippen LogP contribution in [0, 0.1) is 11.7 Å². The van der Waals surface area contributed by atoms with Crippen LogP contribution in [0.1, 0.15) is 42.7 Å². The maximum absolute atomic E-state index is 13.9. The monoisotopic (exact) mass is 542 g/mol. The number of allylic oxidation sites excluding steroid dienone is 2. The molecule has 7 nitrogen and oxygen atoms in total. The van der Waals surface area contributed by atoms with E-state index in [2.05, 4.69) is 5.32 Å². The molecule has 206 valence electrons. The highest BCUT2D eigenvalue weighted by molar-refractivity contribution is 6.13. The first-order valence-electron chi connectivity index (χ1n) is 13.1. The van der Waals surface area contributed by atoms with E-state index < -0.39 is 17.7 Å². The molecule has 3 aromatic carbocycles. The maximum Gasteiger partial charge on any atom is 0.234 e. The molecule has 1 N–H and O–H groups in total. The molecule has 0 saturated carbocycles. The molecule has 1 unspecified atom stereocenters. The van der Waals surface area contributed by atoms with E-state index in [0.29, 0.717) is 58.3 Å². The molecular formula is C32H31FN2O5. The van der Waals surface area contributed by atoms with Crippen LogP contribution < -0.4 is 19.5 Å². The van der Waals surface area contributed by atoms with Gasteiger partial charge in [0.05, 0.1) is 27.2 Å². The van der Waals surface area contributed by atoms with Crippen LogP contribution in [0.4, 0.5) is 10.1 Å². The summed E-state index contributed by atoms with van der Waals surface area (Å²) >= 11 is 0. The number of methoxy groups -OCH3 is 3. The topological polar surface area (TPSA) is 86.2 Å². The van der Waals surface area contributed by atoms with Crippen LogP contribution in [0.25, 0.3) is 0 Å². The van der Waals surface area contributed by atoms with Crippen LogP contribution in [0.2, 0.25) is 0 Å². The summed E-state index contributed by atoms with van der Waals surface area (Å²) in [6, 6.07) is 19.1. The second-order valence-corrected chi connectivity index (χ2v) is 9.96. The van der Waals surface area contributed by atoms with E-state index in [4.69, 9.17) is 19.2 Å². The lowest BCUT2D eigenvalue weighted by Crippen LogP contribution is -2.39. The van der Waals surface area contributed by atoms with Crippen LogP contribution in [0.15, 0.2) is 83.0 Å². The Balaban J connectivity index is 1.63. The predicted octanol–water partition coefficient (Wildman–Crippen LogP) is 6.07. The highest BCUT2D eigenvalue weighted by Crippen LogP contribution is 2.49. The number of nitrogens with zero attached hydrogens (tertiary/aromatic N) is 1. The van der Waals surface area contributed by atoms with Crippen molar-refractivity contribution in [3.05, 3.63) is 94.9 Å². The average Bonchev–Trinajstić information content (AvgIpc) is 2.97. The first-order chi connectivity index (χ1) is 19.3. The van der Waals surface area contributed by atoms with Gasteiger partial charge in [0, 0.05) is 35.0 Å². The van der Waals surface area contributed by atoms with Gasteiger partial charge in [0.2, 0.25) is 11.7 Å². The van der Waals surface area contributed by atoms with Crippen LogP contribution in [-0.2, 0) is 9.59 Å². The first-order valence-corrected chi connectivity index (χ1v) is 13.1. The van der Waals surface area contributed by atoms with Gasteiger partial charge in [-0.05, 0) is 66.8 Å². The third-order valence-electron chi connectivity index (χ3n) is 7.60. The Morgan fingerprint density at radius 2 is 1.55 bits per heavy atom. The number of carbonyl (C=O) groups excluding carboxylic acids is 2. The number of carbonyl (C=O) groups is 2. The van der Waals surface area contributed by atoms with Gasteiger partial charge >= 0.3 is 0 Å². The summed E-state index contributed by atoms with van der Waals surface area (Å²) in [5.41, 5.74) is 3.98. The van der Waals surface area contributed by atoms with Gasteiger partial charge in [0.25, 0.3) is 0 Å². The number of ether oxygens (including phenoxy) is 3. The zero-order valence-electron chi connectivity index (χ0n) is 22.9. The Bertz CT molecular complexity index is 1470. The van der Waals surface area contributed by atoms with Crippen molar-refractivity contribution < 1.29 is 28.2 Å². The number of halogens is 1. The van der Waals surface area contributed by atoms with Gasteiger partial charge in [-0.25, -0.2) is 4.39 Å². The van der Waals surface area contributed by atoms with Crippen molar-refractivity contribution in [3.63, 3.8) is 0 Å². The number of benzene rings is 3. The molecule has 0 fully saturated rings. The number of ketones is 1. The Hall–Kier alpha value is -4.46. The van der Waals surface area contributed by atoms with Gasteiger partial charge in [-0.1, -0.05) is 30.3 Å². The number of amides is 1. The van der Waals surface area contributed by atoms with Crippen LogP contribution in [0.3, 0.4) is 0 Å². The first kappa shape index (κ1) is 27.1. The van der Waals surface area contributed by atoms with E-state index in [9.17, 15) is 14.0 Å². The van der Waals surface area contributed by atoms with Crippen LogP contribution in [0.5, 0.6) is 17.2 Å². The van der Waals surface area contributed by atoms with Crippen molar-refractivity contribution in [1.82, 2.24) is 0 Å². The molecular weight excluding hydrogens is 511 g/mol. The van der Waals surface area contributed by atoms with Gasteiger partial charge in [-0.3, -0.25) is 14.6 Å². The number of aliphatic imine (C=N–C) groups is 1. The molecule has 0 spiro atoms. The van der Waals surface area contributed by atoms with Crippen molar-refractivity contribution in [2.75, 3.05) is 26.6 Å². The lowest BCUT2D eigenvalue weighted by molar-refractivity contribution is -0.119. The molecule has 0 radical (unpaired) electrons. The molecule has 2 aliphatic rings. The Morgan fingerprint density at radius 3 is 2.15 bits per heavy atom. The minimum absolute atomic E-state index is 0.00539. The fourth-order valence-corrected chi connectivity index (χ4v) is 5.75. The zero-order valence-corrected chi connectivity index (χ0v) is 22.9. The average molecular weight is 543 g/mol. The van der Waals surface area contributed by atoms with E-state index in [1.54, 1.807) is 19.1 Å². The highest BCUT2D eigenvalue weighted by Gasteiger charge is 2.44. The third kappa shape index (κ3) is 5.09.